The van der Waals surface area contributed by atoms with Gasteiger partial charge in [-0.2, -0.15) is 0 Å². The molecule has 1 rings (SSSR count). The van der Waals surface area contributed by atoms with Crippen molar-refractivity contribution in [3.63, 3.8) is 0 Å². The summed E-state index contributed by atoms with van der Waals surface area (Å²) in [4.78, 5) is 14.7. The number of methoxy groups -OCH3 is 1. The second kappa shape index (κ2) is 6.98. The zero-order chi connectivity index (χ0) is 14.4. The molecule has 0 aliphatic carbocycles. The van der Waals surface area contributed by atoms with Gasteiger partial charge in [-0.3, -0.25) is 4.79 Å². The van der Waals surface area contributed by atoms with E-state index in [0.717, 1.165) is 0 Å². The van der Waals surface area contributed by atoms with E-state index < -0.39 is 0 Å². The van der Waals surface area contributed by atoms with Gasteiger partial charge in [0.25, 0.3) is 5.91 Å². The Morgan fingerprint density at radius 3 is 2.84 bits per heavy atom. The van der Waals surface area contributed by atoms with Crippen LogP contribution in [0, 0.1) is 0 Å². The molecule has 1 aromatic rings. The Hall–Kier alpha value is -1.76. The van der Waals surface area contributed by atoms with Crippen LogP contribution in [0.5, 0.6) is 5.75 Å². The van der Waals surface area contributed by atoms with E-state index in [0.29, 0.717) is 23.6 Å². The number of nitrogens with two attached hydrogens (primary N) is 1. The lowest BCUT2D eigenvalue weighted by molar-refractivity contribution is 0.0713. The molecule has 3 N–H and O–H groups in total. The molecule has 7 heteroatoms. The first-order valence-corrected chi connectivity index (χ1v) is 6.78. The summed E-state index contributed by atoms with van der Waals surface area (Å²) in [5, 5.41) is 13.3. The first-order chi connectivity index (χ1) is 9.01. The molecule has 0 radical (unpaired) electrons. The maximum absolute atomic E-state index is 12.4. The normalized spacial score (nSPS) is 11.7. The Morgan fingerprint density at radius 1 is 1.63 bits per heavy atom. The molecule has 0 bridgehead atoms. The van der Waals surface area contributed by atoms with Crippen molar-refractivity contribution >= 4 is 23.1 Å². The lowest BCUT2D eigenvalue weighted by atomic mass is 10.2. The van der Waals surface area contributed by atoms with Crippen LogP contribution in [0.2, 0.25) is 0 Å². The first kappa shape index (κ1) is 15.3. The number of carbonyl (C=O) groups excluding carboxylic acids is 1. The highest BCUT2D eigenvalue weighted by molar-refractivity contribution is 7.12. The number of nitrogens with zero attached hydrogens (tertiary/aromatic N) is 2. The number of thiophene rings is 1. The highest BCUT2D eigenvalue weighted by atomic mass is 32.1. The quantitative estimate of drug-likeness (QED) is 0.361. The second-order valence-electron chi connectivity index (χ2n) is 4.25. The average molecular weight is 285 g/mol. The Morgan fingerprint density at radius 2 is 2.32 bits per heavy atom. The van der Waals surface area contributed by atoms with Crippen molar-refractivity contribution in [2.45, 2.75) is 26.3 Å². The predicted molar refractivity (Wildman–Crippen MR) is 75.1 cm³/mol. The summed E-state index contributed by atoms with van der Waals surface area (Å²) in [6.45, 7) is 4.24. The third-order valence-electron chi connectivity index (χ3n) is 2.66. The number of hydrogen-bond donors (Lipinski definition) is 2. The monoisotopic (exact) mass is 285 g/mol. The molecule has 1 heterocycles. The van der Waals surface area contributed by atoms with Crippen molar-refractivity contribution in [1.82, 2.24) is 4.90 Å². The van der Waals surface area contributed by atoms with Gasteiger partial charge in [-0.05, 0) is 25.3 Å². The molecule has 0 saturated carbocycles. The van der Waals surface area contributed by atoms with Gasteiger partial charge in [-0.15, -0.1) is 11.3 Å². The number of ether oxygens (including phenoxy) is 1. The molecule has 19 heavy (non-hydrogen) atoms. The first-order valence-electron chi connectivity index (χ1n) is 5.90. The molecule has 6 nitrogen and oxygen atoms in total. The van der Waals surface area contributed by atoms with E-state index in [4.69, 9.17) is 15.7 Å². The summed E-state index contributed by atoms with van der Waals surface area (Å²) < 4.78 is 5.16. The van der Waals surface area contributed by atoms with Crippen LogP contribution in [0.4, 0.5) is 0 Å². The largest absolute Gasteiger partial charge is 0.495 e. The summed E-state index contributed by atoms with van der Waals surface area (Å²) >= 11 is 1.34. The summed E-state index contributed by atoms with van der Waals surface area (Å²) in [5.74, 6) is 0.577. The van der Waals surface area contributed by atoms with Gasteiger partial charge in [-0.25, -0.2) is 0 Å². The van der Waals surface area contributed by atoms with Crippen molar-refractivity contribution in [3.05, 3.63) is 16.3 Å². The van der Waals surface area contributed by atoms with Gasteiger partial charge in [0.2, 0.25) is 0 Å². The average Bonchev–Trinajstić information content (AvgIpc) is 2.86. The van der Waals surface area contributed by atoms with Gasteiger partial charge < -0.3 is 20.6 Å². The van der Waals surface area contributed by atoms with E-state index in [1.807, 2.05) is 19.2 Å². The van der Waals surface area contributed by atoms with Crippen LogP contribution < -0.4 is 10.5 Å². The Bertz CT molecular complexity index is 457. The zero-order valence-corrected chi connectivity index (χ0v) is 12.1. The second-order valence-corrected chi connectivity index (χ2v) is 5.17. The van der Waals surface area contributed by atoms with Gasteiger partial charge in [0.05, 0.1) is 7.11 Å². The summed E-state index contributed by atoms with van der Waals surface area (Å²) in [6, 6.07) is 1.78. The summed E-state index contributed by atoms with van der Waals surface area (Å²) in [5.41, 5.74) is 5.44. The SMILES string of the molecule is COc1ccsc1C(=O)N(CC/C(N)=N/O)C(C)C. The van der Waals surface area contributed by atoms with Crippen LogP contribution in [0.15, 0.2) is 16.6 Å². The topological polar surface area (TPSA) is 88.2 Å². The third kappa shape index (κ3) is 3.85. The predicted octanol–water partition coefficient (Wildman–Crippen LogP) is 1.74. The van der Waals surface area contributed by atoms with E-state index >= 15 is 0 Å². The van der Waals surface area contributed by atoms with Crippen molar-refractivity contribution < 1.29 is 14.7 Å². The maximum Gasteiger partial charge on any atom is 0.267 e. The van der Waals surface area contributed by atoms with Gasteiger partial charge in [0.15, 0.2) is 0 Å². The van der Waals surface area contributed by atoms with E-state index in [2.05, 4.69) is 5.16 Å². The molecular weight excluding hydrogens is 266 g/mol. The van der Waals surface area contributed by atoms with Crippen LogP contribution in [0.1, 0.15) is 29.9 Å². The molecule has 0 saturated heterocycles. The van der Waals surface area contributed by atoms with Crippen LogP contribution >= 0.6 is 11.3 Å². The molecule has 0 aliphatic rings. The highest BCUT2D eigenvalue weighted by Crippen LogP contribution is 2.26. The number of hydrogen-bond acceptors (Lipinski definition) is 5. The van der Waals surface area contributed by atoms with Gasteiger partial charge in [0, 0.05) is 19.0 Å². The number of amides is 1. The molecule has 0 spiro atoms. The number of carbonyl (C=O) groups is 1. The number of amidine groups is 1. The van der Waals surface area contributed by atoms with E-state index in [-0.39, 0.29) is 17.8 Å². The number of rotatable bonds is 6. The minimum Gasteiger partial charge on any atom is -0.495 e. The molecule has 0 atom stereocenters. The minimum atomic E-state index is -0.104. The Kier molecular flexibility index (Phi) is 5.62. The van der Waals surface area contributed by atoms with Crippen LogP contribution in [0.25, 0.3) is 0 Å². The molecule has 1 amide bonds. The molecule has 0 unspecified atom stereocenters. The molecule has 0 aliphatic heterocycles. The fraction of sp³-hybridized carbons (Fsp3) is 0.500. The fourth-order valence-corrected chi connectivity index (χ4v) is 2.44. The van der Waals surface area contributed by atoms with E-state index in [1.165, 1.54) is 18.4 Å². The van der Waals surface area contributed by atoms with E-state index in [9.17, 15) is 4.79 Å². The van der Waals surface area contributed by atoms with Crippen molar-refractivity contribution in [2.24, 2.45) is 10.9 Å². The maximum atomic E-state index is 12.4. The fourth-order valence-electron chi connectivity index (χ4n) is 1.62. The van der Waals surface area contributed by atoms with Gasteiger partial charge >= 0.3 is 0 Å². The van der Waals surface area contributed by atoms with Gasteiger partial charge in [0.1, 0.15) is 16.5 Å². The number of oxime groups is 1. The summed E-state index contributed by atoms with van der Waals surface area (Å²) in [7, 11) is 1.54. The zero-order valence-electron chi connectivity index (χ0n) is 11.3. The molecule has 1 aromatic heterocycles. The van der Waals surface area contributed by atoms with Crippen molar-refractivity contribution in [3.8, 4) is 5.75 Å². The minimum absolute atomic E-state index is 0.0193. The van der Waals surface area contributed by atoms with E-state index in [1.54, 1.807) is 11.0 Å². The molecule has 0 aromatic carbocycles. The smallest absolute Gasteiger partial charge is 0.267 e. The van der Waals surface area contributed by atoms with Crippen molar-refractivity contribution in [2.75, 3.05) is 13.7 Å². The molecule has 106 valence electrons. The standard InChI is InChI=1S/C12H19N3O3S/c1-8(2)15(6-4-10(13)14-17)12(16)11-9(18-3)5-7-19-11/h5,7-8,17H,4,6H2,1-3H3,(H2,13,14). The highest BCUT2D eigenvalue weighted by Gasteiger charge is 2.23. The molecule has 0 fully saturated rings. The van der Waals surface area contributed by atoms with Crippen LogP contribution in [-0.2, 0) is 0 Å². The third-order valence-corrected chi connectivity index (χ3v) is 3.55. The van der Waals surface area contributed by atoms with Gasteiger partial charge in [-0.1, -0.05) is 5.16 Å². The lowest BCUT2D eigenvalue weighted by Crippen LogP contribution is -2.39. The summed E-state index contributed by atoms with van der Waals surface area (Å²) in [6.07, 6.45) is 0.327. The van der Waals surface area contributed by atoms with Crippen LogP contribution in [-0.4, -0.2) is 41.5 Å². The lowest BCUT2D eigenvalue weighted by Gasteiger charge is -2.26. The Balaban J connectivity index is 2.84. The Labute approximate surface area is 116 Å². The van der Waals surface area contributed by atoms with Crippen molar-refractivity contribution in [1.29, 1.82) is 0 Å². The molecular formula is C12H19N3O3S. The van der Waals surface area contributed by atoms with Crippen LogP contribution in [0.3, 0.4) is 0 Å².